The van der Waals surface area contributed by atoms with Crippen molar-refractivity contribution in [1.82, 2.24) is 15.1 Å². The van der Waals surface area contributed by atoms with E-state index in [1.807, 2.05) is 0 Å². The van der Waals surface area contributed by atoms with Gasteiger partial charge in [0.25, 0.3) is 10.9 Å². The summed E-state index contributed by atoms with van der Waals surface area (Å²) in [7, 11) is 0. The molecule has 4 aromatic rings. The molecule has 0 aliphatic carbocycles. The summed E-state index contributed by atoms with van der Waals surface area (Å²) >= 11 is 4.84. The Morgan fingerprint density at radius 2 is 1.83 bits per heavy atom. The summed E-state index contributed by atoms with van der Waals surface area (Å²) in [5.74, 6) is -1.08. The third kappa shape index (κ3) is 3.72. The van der Waals surface area contributed by atoms with Crippen molar-refractivity contribution in [2.24, 2.45) is 0 Å². The number of nitrogens with one attached hydrogen (secondary N) is 2. The summed E-state index contributed by atoms with van der Waals surface area (Å²) < 4.78 is 35.2. The molecular formula is C17H10ClF2N5O4. The summed E-state index contributed by atoms with van der Waals surface area (Å²) in [6, 6.07) is 6.17. The number of rotatable bonds is 7. The van der Waals surface area contributed by atoms with Crippen LogP contribution in [-0.2, 0) is 11.9 Å². The number of hydrogen-bond donors (Lipinski definition) is 2. The Morgan fingerprint density at radius 1 is 1.10 bits per heavy atom. The highest BCUT2D eigenvalue weighted by Gasteiger charge is 2.35. The number of anilines is 3. The zero-order valence-corrected chi connectivity index (χ0v) is 15.0. The minimum atomic E-state index is -3.76. The van der Waals surface area contributed by atoms with Gasteiger partial charge in [0.2, 0.25) is 5.82 Å². The first-order valence-electron chi connectivity index (χ1n) is 8.05. The van der Waals surface area contributed by atoms with Crippen LogP contribution in [-0.4, -0.2) is 15.1 Å². The SMILES string of the molecule is O=c1c(NCc2cocn2)c(Nc2ccc(-c3noc(C(F)(F)Cl)n3)cc2)c1=O. The highest BCUT2D eigenvalue weighted by Crippen LogP contribution is 2.32. The molecule has 148 valence electrons. The number of benzene rings is 1. The van der Waals surface area contributed by atoms with Gasteiger partial charge in [-0.25, -0.2) is 4.98 Å². The lowest BCUT2D eigenvalue weighted by Crippen LogP contribution is -2.36. The molecule has 0 aliphatic rings. The van der Waals surface area contributed by atoms with Crippen molar-refractivity contribution in [3.8, 4) is 11.4 Å². The van der Waals surface area contributed by atoms with Crippen LogP contribution in [0.15, 0.2) is 55.5 Å². The first kappa shape index (κ1) is 18.7. The van der Waals surface area contributed by atoms with E-state index < -0.39 is 22.1 Å². The molecule has 9 nitrogen and oxygen atoms in total. The third-order valence-electron chi connectivity index (χ3n) is 3.92. The highest BCUT2D eigenvalue weighted by atomic mass is 35.5. The van der Waals surface area contributed by atoms with Crippen LogP contribution < -0.4 is 21.5 Å². The minimum Gasteiger partial charge on any atom is -0.451 e. The number of aromatic nitrogens is 3. The molecule has 2 aromatic carbocycles. The van der Waals surface area contributed by atoms with Gasteiger partial charge < -0.3 is 19.6 Å². The molecule has 0 aliphatic heterocycles. The molecule has 2 N–H and O–H groups in total. The van der Waals surface area contributed by atoms with Crippen molar-refractivity contribution < 1.29 is 17.7 Å². The fourth-order valence-corrected chi connectivity index (χ4v) is 2.56. The van der Waals surface area contributed by atoms with Crippen LogP contribution in [0.3, 0.4) is 0 Å². The second kappa shape index (κ2) is 7.09. The first-order chi connectivity index (χ1) is 13.8. The van der Waals surface area contributed by atoms with Crippen LogP contribution in [0.5, 0.6) is 0 Å². The van der Waals surface area contributed by atoms with Crippen LogP contribution in [0, 0.1) is 0 Å². The Kier molecular flexibility index (Phi) is 4.59. The van der Waals surface area contributed by atoms with E-state index in [0.29, 0.717) is 16.9 Å². The van der Waals surface area contributed by atoms with E-state index in [-0.39, 0.29) is 23.7 Å². The number of alkyl halides is 3. The molecule has 0 spiro atoms. The van der Waals surface area contributed by atoms with Gasteiger partial charge in [-0.2, -0.15) is 13.8 Å². The Morgan fingerprint density at radius 3 is 2.45 bits per heavy atom. The maximum Gasteiger partial charge on any atom is 0.400 e. The quantitative estimate of drug-likeness (QED) is 0.342. The molecular weight excluding hydrogens is 412 g/mol. The zero-order valence-electron chi connectivity index (χ0n) is 14.3. The lowest BCUT2D eigenvalue weighted by molar-refractivity contribution is 0.0551. The van der Waals surface area contributed by atoms with Gasteiger partial charge in [0.1, 0.15) is 17.6 Å². The molecule has 0 bridgehead atoms. The highest BCUT2D eigenvalue weighted by molar-refractivity contribution is 6.21. The van der Waals surface area contributed by atoms with E-state index in [9.17, 15) is 18.4 Å². The second-order valence-corrected chi connectivity index (χ2v) is 6.34. The maximum atomic E-state index is 13.0. The normalized spacial score (nSPS) is 11.7. The summed E-state index contributed by atoms with van der Waals surface area (Å²) in [5.41, 5.74) is 0.370. The zero-order chi connectivity index (χ0) is 20.6. The minimum absolute atomic E-state index is 0.0732. The van der Waals surface area contributed by atoms with Crippen molar-refractivity contribution in [3.05, 3.63) is 69.0 Å². The van der Waals surface area contributed by atoms with Crippen LogP contribution >= 0.6 is 11.6 Å². The van der Waals surface area contributed by atoms with Gasteiger partial charge in [0, 0.05) is 11.3 Å². The van der Waals surface area contributed by atoms with Crippen molar-refractivity contribution >= 4 is 28.7 Å². The number of oxazole rings is 1. The molecule has 0 radical (unpaired) electrons. The average Bonchev–Trinajstić information content (AvgIpc) is 3.39. The van der Waals surface area contributed by atoms with Gasteiger partial charge in [-0.05, 0) is 35.9 Å². The fourth-order valence-electron chi connectivity index (χ4n) is 2.49. The molecule has 0 amide bonds. The van der Waals surface area contributed by atoms with Gasteiger partial charge in [-0.15, -0.1) is 0 Å². The smallest absolute Gasteiger partial charge is 0.400 e. The van der Waals surface area contributed by atoms with Crippen LogP contribution in [0.2, 0.25) is 0 Å². The molecule has 0 unspecified atom stereocenters. The predicted octanol–water partition coefficient (Wildman–Crippen LogP) is 2.96. The van der Waals surface area contributed by atoms with E-state index in [1.54, 1.807) is 12.1 Å². The molecule has 0 saturated heterocycles. The van der Waals surface area contributed by atoms with E-state index in [4.69, 9.17) is 16.0 Å². The van der Waals surface area contributed by atoms with Crippen molar-refractivity contribution in [1.29, 1.82) is 0 Å². The molecule has 29 heavy (non-hydrogen) atoms. The maximum absolute atomic E-state index is 13.0. The molecule has 4 rings (SSSR count). The first-order valence-corrected chi connectivity index (χ1v) is 8.43. The van der Waals surface area contributed by atoms with Crippen LogP contribution in [0.4, 0.5) is 25.8 Å². The molecule has 0 atom stereocenters. The summed E-state index contributed by atoms with van der Waals surface area (Å²) in [6.45, 7) is 0.209. The fraction of sp³-hybridized carbons (Fsp3) is 0.118. The van der Waals surface area contributed by atoms with Gasteiger partial charge >= 0.3 is 11.3 Å². The van der Waals surface area contributed by atoms with Gasteiger partial charge in [-0.1, -0.05) is 5.16 Å². The third-order valence-corrected chi connectivity index (χ3v) is 4.08. The molecule has 2 aromatic heterocycles. The molecule has 2 heterocycles. The van der Waals surface area contributed by atoms with Crippen LogP contribution in [0.1, 0.15) is 11.6 Å². The topological polar surface area (TPSA) is 123 Å². The van der Waals surface area contributed by atoms with Gasteiger partial charge in [-0.3, -0.25) is 9.59 Å². The molecule has 0 fully saturated rings. The average molecular weight is 422 g/mol. The molecule has 12 heteroatoms. The van der Waals surface area contributed by atoms with Gasteiger partial charge in [0.15, 0.2) is 6.39 Å². The second-order valence-electron chi connectivity index (χ2n) is 5.86. The van der Waals surface area contributed by atoms with E-state index in [0.717, 1.165) is 0 Å². The summed E-state index contributed by atoms with van der Waals surface area (Å²) in [6.07, 6.45) is 2.66. The van der Waals surface area contributed by atoms with E-state index >= 15 is 0 Å². The monoisotopic (exact) mass is 421 g/mol. The lowest BCUT2D eigenvalue weighted by Gasteiger charge is -2.14. The van der Waals surface area contributed by atoms with Gasteiger partial charge in [0.05, 0.1) is 12.2 Å². The number of nitrogens with zero attached hydrogens (tertiary/aromatic N) is 3. The number of halogens is 3. The van der Waals surface area contributed by atoms with Crippen molar-refractivity contribution in [2.75, 3.05) is 10.6 Å². The summed E-state index contributed by atoms with van der Waals surface area (Å²) in [5, 5.41) is 5.37. The van der Waals surface area contributed by atoms with E-state index in [2.05, 4.69) is 30.3 Å². The van der Waals surface area contributed by atoms with Crippen molar-refractivity contribution in [2.45, 2.75) is 11.9 Å². The van der Waals surface area contributed by atoms with Crippen LogP contribution in [0.25, 0.3) is 11.4 Å². The standard InChI is InChI=1S/C17H10ClF2N5O4/c18-17(19,20)16-24-15(25-29-16)8-1-3-9(4-2-8)23-12-11(13(26)14(12)27)21-5-10-6-28-7-22-10/h1-4,6-7,21,23H,5H2. The Hall–Kier alpha value is -3.60. The van der Waals surface area contributed by atoms with E-state index in [1.165, 1.54) is 24.8 Å². The Bertz CT molecular complexity index is 1210. The molecule has 0 saturated carbocycles. The Labute approximate surface area is 165 Å². The van der Waals surface area contributed by atoms with Crippen molar-refractivity contribution in [3.63, 3.8) is 0 Å². The Balaban J connectivity index is 1.48. The largest absolute Gasteiger partial charge is 0.451 e. The lowest BCUT2D eigenvalue weighted by atomic mass is 10.1. The predicted molar refractivity (Wildman–Crippen MR) is 97.9 cm³/mol. The summed E-state index contributed by atoms with van der Waals surface area (Å²) in [4.78, 5) is 31.1. The number of hydrogen-bond acceptors (Lipinski definition) is 9.